The van der Waals surface area contributed by atoms with Crippen LogP contribution in [0.25, 0.3) is 22.3 Å². The van der Waals surface area contributed by atoms with Gasteiger partial charge in [-0.05, 0) is 12.1 Å². The van der Waals surface area contributed by atoms with Crippen molar-refractivity contribution in [1.29, 1.82) is 5.26 Å². The van der Waals surface area contributed by atoms with Crippen molar-refractivity contribution in [3.05, 3.63) is 54.2 Å². The fourth-order valence-electron chi connectivity index (χ4n) is 1.89. The lowest BCUT2D eigenvalue weighted by molar-refractivity contribution is 1.37. The van der Waals surface area contributed by atoms with Crippen LogP contribution < -0.4 is 0 Å². The maximum Gasteiger partial charge on any atom is 0.101 e. The van der Waals surface area contributed by atoms with E-state index >= 15 is 0 Å². The lowest BCUT2D eigenvalue weighted by atomic mass is 10.1. The van der Waals surface area contributed by atoms with Crippen LogP contribution in [0.4, 0.5) is 0 Å². The summed E-state index contributed by atoms with van der Waals surface area (Å²) in [5.74, 6) is 0. The summed E-state index contributed by atoms with van der Waals surface area (Å²) >= 11 is 0. The van der Waals surface area contributed by atoms with Crippen molar-refractivity contribution in [2.24, 2.45) is 0 Å². The van der Waals surface area contributed by atoms with Gasteiger partial charge in [-0.1, -0.05) is 30.3 Å². The van der Waals surface area contributed by atoms with Gasteiger partial charge in [0.2, 0.25) is 0 Å². The van der Waals surface area contributed by atoms with E-state index in [-0.39, 0.29) is 0 Å². The second kappa shape index (κ2) is 3.76. The first-order valence-corrected chi connectivity index (χ1v) is 5.32. The average Bonchev–Trinajstić information content (AvgIpc) is 2.86. The number of nitriles is 1. The molecule has 0 fully saturated rings. The molecule has 3 aromatic rings. The molecule has 1 aromatic carbocycles. The summed E-state index contributed by atoms with van der Waals surface area (Å²) in [4.78, 5) is 7.56. The van der Waals surface area contributed by atoms with Crippen molar-refractivity contribution in [3.8, 4) is 17.3 Å². The van der Waals surface area contributed by atoms with E-state index in [4.69, 9.17) is 5.26 Å². The molecule has 0 saturated heterocycles. The molecule has 2 heterocycles. The topological polar surface area (TPSA) is 52.5 Å². The summed E-state index contributed by atoms with van der Waals surface area (Å²) in [6.45, 7) is 0. The van der Waals surface area contributed by atoms with Gasteiger partial charge >= 0.3 is 0 Å². The van der Waals surface area contributed by atoms with Gasteiger partial charge in [0.25, 0.3) is 0 Å². The number of H-pyrrole nitrogens is 1. The summed E-state index contributed by atoms with van der Waals surface area (Å²) in [5, 5.41) is 9.13. The van der Waals surface area contributed by atoms with Crippen LogP contribution in [-0.4, -0.2) is 9.97 Å². The highest BCUT2D eigenvalue weighted by molar-refractivity contribution is 5.84. The van der Waals surface area contributed by atoms with E-state index in [2.05, 4.69) is 16.0 Å². The molecule has 1 N–H and O–H groups in total. The Labute approximate surface area is 98.4 Å². The number of pyridine rings is 1. The molecule has 0 aliphatic heterocycles. The molecular weight excluding hydrogens is 210 g/mol. The highest BCUT2D eigenvalue weighted by Gasteiger charge is 2.07. The number of benzene rings is 1. The molecule has 0 aliphatic carbocycles. The molecule has 0 spiro atoms. The number of rotatable bonds is 1. The summed E-state index contributed by atoms with van der Waals surface area (Å²) in [7, 11) is 0. The van der Waals surface area contributed by atoms with Crippen LogP contribution in [0.2, 0.25) is 0 Å². The first kappa shape index (κ1) is 9.61. The van der Waals surface area contributed by atoms with Crippen molar-refractivity contribution >= 4 is 11.0 Å². The summed E-state index contributed by atoms with van der Waals surface area (Å²) < 4.78 is 0. The highest BCUT2D eigenvalue weighted by atomic mass is 14.8. The number of nitrogens with zero attached hydrogens (tertiary/aromatic N) is 2. The molecular formula is C14H9N3. The van der Waals surface area contributed by atoms with Crippen molar-refractivity contribution in [2.45, 2.75) is 0 Å². The first-order valence-electron chi connectivity index (χ1n) is 5.32. The molecule has 2 aromatic heterocycles. The molecule has 3 nitrogen and oxygen atoms in total. The largest absolute Gasteiger partial charge is 0.359 e. The summed E-state index contributed by atoms with van der Waals surface area (Å²) in [5.41, 5.74) is 4.09. The van der Waals surface area contributed by atoms with Gasteiger partial charge in [0.1, 0.15) is 6.07 Å². The lowest BCUT2D eigenvalue weighted by Gasteiger charge is -2.02. The van der Waals surface area contributed by atoms with Crippen LogP contribution >= 0.6 is 0 Å². The zero-order valence-electron chi connectivity index (χ0n) is 9.01. The molecule has 3 rings (SSSR count). The van der Waals surface area contributed by atoms with E-state index in [9.17, 15) is 0 Å². The minimum Gasteiger partial charge on any atom is -0.359 e. The van der Waals surface area contributed by atoms with E-state index in [1.807, 2.05) is 42.5 Å². The first-order chi connectivity index (χ1) is 8.38. The molecule has 0 radical (unpaired) electrons. The van der Waals surface area contributed by atoms with E-state index in [1.165, 1.54) is 0 Å². The van der Waals surface area contributed by atoms with Gasteiger partial charge in [-0.3, -0.25) is 0 Å². The fraction of sp³-hybridized carbons (Fsp3) is 0. The van der Waals surface area contributed by atoms with E-state index < -0.39 is 0 Å². The predicted octanol–water partition coefficient (Wildman–Crippen LogP) is 3.10. The normalized spacial score (nSPS) is 10.3. The van der Waals surface area contributed by atoms with Gasteiger partial charge < -0.3 is 4.98 Å². The number of aromatic amines is 1. The van der Waals surface area contributed by atoms with E-state index in [0.717, 1.165) is 22.3 Å². The Morgan fingerprint density at radius 2 is 1.94 bits per heavy atom. The second-order valence-corrected chi connectivity index (χ2v) is 3.77. The van der Waals surface area contributed by atoms with Gasteiger partial charge in [0.05, 0.1) is 22.3 Å². The maximum absolute atomic E-state index is 9.13. The average molecular weight is 219 g/mol. The summed E-state index contributed by atoms with van der Waals surface area (Å²) in [6.07, 6.45) is 1.80. The SMILES string of the molecule is N#Cc1cc(-c2ccccc2)nc2cc[nH]c12. The van der Waals surface area contributed by atoms with E-state index in [0.29, 0.717) is 5.56 Å². The minimum atomic E-state index is 0.624. The Morgan fingerprint density at radius 3 is 2.71 bits per heavy atom. The smallest absolute Gasteiger partial charge is 0.101 e. The monoisotopic (exact) mass is 219 g/mol. The van der Waals surface area contributed by atoms with Crippen LogP contribution in [0, 0.1) is 11.3 Å². The Hall–Kier alpha value is -2.60. The van der Waals surface area contributed by atoms with Crippen LogP contribution in [-0.2, 0) is 0 Å². The lowest BCUT2D eigenvalue weighted by Crippen LogP contribution is -1.87. The number of hydrogen-bond donors (Lipinski definition) is 1. The van der Waals surface area contributed by atoms with Crippen LogP contribution in [0.3, 0.4) is 0 Å². The Morgan fingerprint density at radius 1 is 1.12 bits per heavy atom. The molecule has 0 amide bonds. The van der Waals surface area contributed by atoms with Crippen LogP contribution in [0.5, 0.6) is 0 Å². The third-order valence-electron chi connectivity index (χ3n) is 2.71. The fourth-order valence-corrected chi connectivity index (χ4v) is 1.89. The van der Waals surface area contributed by atoms with Crippen molar-refractivity contribution in [1.82, 2.24) is 9.97 Å². The van der Waals surface area contributed by atoms with Crippen molar-refractivity contribution in [3.63, 3.8) is 0 Å². The molecule has 0 unspecified atom stereocenters. The zero-order valence-corrected chi connectivity index (χ0v) is 9.01. The van der Waals surface area contributed by atoms with Gasteiger partial charge in [-0.25, -0.2) is 4.98 Å². The molecule has 17 heavy (non-hydrogen) atoms. The number of hydrogen-bond acceptors (Lipinski definition) is 2. The molecule has 3 heteroatoms. The van der Waals surface area contributed by atoms with Crippen molar-refractivity contribution in [2.75, 3.05) is 0 Å². The Bertz CT molecular complexity index is 705. The standard InChI is InChI=1S/C14H9N3/c15-9-11-8-13(10-4-2-1-3-5-10)17-12-6-7-16-14(11)12/h1-8,16H. The molecule has 80 valence electrons. The number of aromatic nitrogens is 2. The molecule has 0 aliphatic rings. The zero-order chi connectivity index (χ0) is 11.7. The third-order valence-corrected chi connectivity index (χ3v) is 2.71. The van der Waals surface area contributed by atoms with Gasteiger partial charge in [0.15, 0.2) is 0 Å². The van der Waals surface area contributed by atoms with E-state index in [1.54, 1.807) is 6.20 Å². The predicted molar refractivity (Wildman–Crippen MR) is 66.2 cm³/mol. The highest BCUT2D eigenvalue weighted by Crippen LogP contribution is 2.23. The number of nitrogens with one attached hydrogen (secondary N) is 1. The van der Waals surface area contributed by atoms with Gasteiger partial charge in [0, 0.05) is 11.8 Å². The third kappa shape index (κ3) is 1.56. The molecule has 0 bridgehead atoms. The molecule has 0 atom stereocenters. The van der Waals surface area contributed by atoms with Crippen LogP contribution in [0.15, 0.2) is 48.7 Å². The summed E-state index contributed by atoms with van der Waals surface area (Å²) in [6, 6.07) is 15.7. The number of fused-ring (bicyclic) bond motifs is 1. The van der Waals surface area contributed by atoms with Gasteiger partial charge in [-0.2, -0.15) is 5.26 Å². The quantitative estimate of drug-likeness (QED) is 0.683. The minimum absolute atomic E-state index is 0.624. The Kier molecular flexibility index (Phi) is 2.13. The Balaban J connectivity index is 2.29. The van der Waals surface area contributed by atoms with Crippen LogP contribution in [0.1, 0.15) is 5.56 Å². The molecule has 0 saturated carbocycles. The second-order valence-electron chi connectivity index (χ2n) is 3.77. The van der Waals surface area contributed by atoms with Gasteiger partial charge in [-0.15, -0.1) is 0 Å². The van der Waals surface area contributed by atoms with Crippen molar-refractivity contribution < 1.29 is 0 Å². The maximum atomic E-state index is 9.13.